The Bertz CT molecular complexity index is 1490. The van der Waals surface area contributed by atoms with E-state index < -0.39 is 88.9 Å². The lowest BCUT2D eigenvalue weighted by Gasteiger charge is -2.62. The molecule has 2 saturated carbocycles. The number of benzene rings is 1. The Hall–Kier alpha value is -2.36. The van der Waals surface area contributed by atoms with E-state index in [4.69, 9.17) is 14.2 Å². The highest BCUT2D eigenvalue weighted by atomic mass is 16.7. The number of esters is 1. The highest BCUT2D eigenvalue weighted by Gasteiger charge is 2.73. The molecular weight excluding hydrogens is 652 g/mol. The van der Waals surface area contributed by atoms with Crippen LogP contribution in [-0.2, 0) is 30.9 Å². The van der Waals surface area contributed by atoms with Gasteiger partial charge in [-0.25, -0.2) is 0 Å². The average Bonchev–Trinajstić information content (AvgIpc) is 3.22. The lowest BCUT2D eigenvalue weighted by Crippen LogP contribution is -2.64. The quantitative estimate of drug-likeness (QED) is 0.170. The van der Waals surface area contributed by atoms with Gasteiger partial charge in [0.2, 0.25) is 6.29 Å². The van der Waals surface area contributed by atoms with Crippen molar-refractivity contribution in [3.63, 3.8) is 0 Å². The third-order valence-corrected chi connectivity index (χ3v) is 13.3. The van der Waals surface area contributed by atoms with E-state index in [1.54, 1.807) is 26.8 Å². The van der Waals surface area contributed by atoms with Gasteiger partial charge in [-0.05, 0) is 106 Å². The van der Waals surface area contributed by atoms with Gasteiger partial charge < -0.3 is 55.1 Å². The molecule has 1 heterocycles. The number of rotatable bonds is 9. The summed E-state index contributed by atoms with van der Waals surface area (Å²) in [6.45, 7) is 13.1. The molecule has 3 aliphatic carbocycles. The minimum atomic E-state index is -1.80. The zero-order chi connectivity index (χ0) is 37.5. The molecule has 50 heavy (non-hydrogen) atoms. The van der Waals surface area contributed by atoms with E-state index in [2.05, 4.69) is 0 Å². The Labute approximate surface area is 293 Å². The van der Waals surface area contributed by atoms with Crippen molar-refractivity contribution in [3.8, 4) is 11.5 Å². The zero-order valence-electron chi connectivity index (χ0n) is 30.3. The number of phenols is 1. The summed E-state index contributed by atoms with van der Waals surface area (Å²) in [5.74, 6) is -2.12. The van der Waals surface area contributed by atoms with Crippen molar-refractivity contribution < 1.29 is 64.7 Å². The number of aromatic hydroxyl groups is 1. The molecule has 282 valence electrons. The number of hydrogen-bond donors (Lipinski definition) is 8. The van der Waals surface area contributed by atoms with Gasteiger partial charge in [0, 0.05) is 19.3 Å². The van der Waals surface area contributed by atoms with Crippen LogP contribution in [0, 0.1) is 29.6 Å². The third kappa shape index (κ3) is 5.85. The molecule has 0 spiro atoms. The van der Waals surface area contributed by atoms with Crippen LogP contribution in [0.25, 0.3) is 0 Å². The molecule has 0 aromatic heterocycles. The summed E-state index contributed by atoms with van der Waals surface area (Å²) >= 11 is 0. The van der Waals surface area contributed by atoms with Gasteiger partial charge in [0.05, 0.1) is 29.8 Å². The van der Waals surface area contributed by atoms with Crippen molar-refractivity contribution in [2.45, 2.75) is 153 Å². The number of fused-ring (bicyclic) bond motifs is 5. The van der Waals surface area contributed by atoms with Crippen molar-refractivity contribution in [3.05, 3.63) is 22.8 Å². The van der Waals surface area contributed by atoms with Gasteiger partial charge in [-0.2, -0.15) is 0 Å². The third-order valence-electron chi connectivity index (χ3n) is 13.3. The second-order valence-corrected chi connectivity index (χ2v) is 16.8. The monoisotopic (exact) mass is 708 g/mol. The molecule has 13 heteroatoms. The van der Waals surface area contributed by atoms with E-state index in [0.29, 0.717) is 24.0 Å². The molecule has 8 N–H and O–H groups in total. The number of carbonyl (C=O) groups is 2. The minimum Gasteiger partial charge on any atom is -0.504 e. The van der Waals surface area contributed by atoms with Crippen LogP contribution in [0.15, 0.2) is 6.07 Å². The van der Waals surface area contributed by atoms with Crippen LogP contribution >= 0.6 is 0 Å². The van der Waals surface area contributed by atoms with Crippen LogP contribution < -0.4 is 4.74 Å². The number of aliphatic hydroxyl groups excluding tert-OH is 6. The summed E-state index contributed by atoms with van der Waals surface area (Å²) in [5, 5.41) is 87.3. The molecule has 1 aromatic carbocycles. The highest BCUT2D eigenvalue weighted by molar-refractivity contribution is 5.93. The van der Waals surface area contributed by atoms with Gasteiger partial charge in [-0.1, -0.05) is 13.8 Å². The molecule has 13 atom stereocenters. The maximum atomic E-state index is 14.7. The molecule has 3 fully saturated rings. The number of phenolic OH excluding ortho intramolecular Hbond substituents is 1. The van der Waals surface area contributed by atoms with Gasteiger partial charge >= 0.3 is 5.97 Å². The molecule has 1 aromatic rings. The van der Waals surface area contributed by atoms with Crippen LogP contribution in [-0.4, -0.2) is 113 Å². The summed E-state index contributed by atoms with van der Waals surface area (Å²) in [6.07, 6.45) is -8.45. The molecule has 5 rings (SSSR count). The predicted octanol–water partition coefficient (Wildman–Crippen LogP) is 1.30. The topological polar surface area (TPSA) is 224 Å². The number of ether oxygens (including phenoxy) is 3. The van der Waals surface area contributed by atoms with Gasteiger partial charge in [0.25, 0.3) is 0 Å². The maximum absolute atomic E-state index is 14.7. The number of carbonyl (C=O) groups excluding carboxylic acids is 2. The molecular formula is C37H56O13. The SMILES string of the molecule is CC(=O)OC(C)(C)CC[C@H](O)[C@](C)(O)[C@H]1[C@H](O)C[C@]2(C)[C@@H]3CCc4c(cc(O[C@@H]5O[C@H](CO)[C@@H](O)[C@H](O)[C@H]5O)c(O)c4C)[C@]3(C)C(=O)C[C@]12C. The number of aliphatic hydroxyl groups is 7. The number of ketones is 1. The van der Waals surface area contributed by atoms with Crippen LogP contribution in [0.5, 0.6) is 11.5 Å². The Kier molecular flexibility index (Phi) is 10.1. The lowest BCUT2D eigenvalue weighted by molar-refractivity contribution is -0.277. The van der Waals surface area contributed by atoms with E-state index in [0.717, 1.165) is 5.56 Å². The average molecular weight is 709 g/mol. The molecule has 1 saturated heterocycles. The largest absolute Gasteiger partial charge is 0.504 e. The van der Waals surface area contributed by atoms with Gasteiger partial charge in [0.1, 0.15) is 35.8 Å². The van der Waals surface area contributed by atoms with E-state index in [1.807, 2.05) is 20.8 Å². The van der Waals surface area contributed by atoms with Crippen LogP contribution in [0.2, 0.25) is 0 Å². The Balaban J connectivity index is 1.49. The van der Waals surface area contributed by atoms with Crippen molar-refractivity contribution in [1.29, 1.82) is 0 Å². The van der Waals surface area contributed by atoms with Crippen LogP contribution in [0.1, 0.15) is 97.3 Å². The first-order chi connectivity index (χ1) is 23.0. The first-order valence-corrected chi connectivity index (χ1v) is 17.6. The van der Waals surface area contributed by atoms with Gasteiger partial charge in [0.15, 0.2) is 11.5 Å². The number of hydrogen-bond acceptors (Lipinski definition) is 13. The zero-order valence-corrected chi connectivity index (χ0v) is 30.3. The van der Waals surface area contributed by atoms with E-state index >= 15 is 0 Å². The second-order valence-electron chi connectivity index (χ2n) is 16.8. The standard InChI is InChI=1S/C37H56O13/c1-17-19-9-10-24-34(5)14-21(40)31(37(8,47)25(41)11-12-33(3,4)50-18(2)39)35(34,6)15-26(42)36(24,7)20(19)13-22(27(17)43)48-32-30(46)29(45)28(44)23(16-38)49-32/h13,21,23-25,28-32,38,40-41,43-47H,9-12,14-16H2,1-8H3/t21-,23-,24+,25+,28-,29+,30-,31+,32-,34-,35-,36+,37+/m1/s1. The van der Waals surface area contributed by atoms with Crippen molar-refractivity contribution in [1.82, 2.24) is 0 Å². The van der Waals surface area contributed by atoms with Crippen molar-refractivity contribution >= 4 is 11.8 Å². The maximum Gasteiger partial charge on any atom is 0.303 e. The van der Waals surface area contributed by atoms with E-state index in [-0.39, 0.29) is 48.9 Å². The first kappa shape index (κ1) is 38.9. The van der Waals surface area contributed by atoms with Crippen molar-refractivity contribution in [2.75, 3.05) is 6.61 Å². The molecule has 0 radical (unpaired) electrons. The summed E-state index contributed by atoms with van der Waals surface area (Å²) in [4.78, 5) is 26.3. The summed E-state index contributed by atoms with van der Waals surface area (Å²) in [6, 6.07) is 1.56. The van der Waals surface area contributed by atoms with Crippen LogP contribution in [0.4, 0.5) is 0 Å². The molecule has 0 unspecified atom stereocenters. The first-order valence-electron chi connectivity index (χ1n) is 17.6. The Morgan fingerprint density at radius 2 is 1.72 bits per heavy atom. The fourth-order valence-electron chi connectivity index (χ4n) is 10.4. The smallest absolute Gasteiger partial charge is 0.303 e. The van der Waals surface area contributed by atoms with Gasteiger partial charge in [-0.15, -0.1) is 0 Å². The van der Waals surface area contributed by atoms with Crippen molar-refractivity contribution in [2.24, 2.45) is 22.7 Å². The molecule has 0 amide bonds. The fraction of sp³-hybridized carbons (Fsp3) is 0.784. The molecule has 0 bridgehead atoms. The highest BCUT2D eigenvalue weighted by Crippen LogP contribution is 2.72. The van der Waals surface area contributed by atoms with Crippen LogP contribution in [0.3, 0.4) is 0 Å². The second kappa shape index (κ2) is 12.9. The molecule has 4 aliphatic rings. The van der Waals surface area contributed by atoms with Gasteiger partial charge in [-0.3, -0.25) is 9.59 Å². The Morgan fingerprint density at radius 1 is 1.08 bits per heavy atom. The predicted molar refractivity (Wildman–Crippen MR) is 178 cm³/mol. The summed E-state index contributed by atoms with van der Waals surface area (Å²) in [5.41, 5.74) is -3.55. The minimum absolute atomic E-state index is 0.0116. The summed E-state index contributed by atoms with van der Waals surface area (Å²) < 4.78 is 16.8. The normalized spacial score (nSPS) is 40.3. The fourth-order valence-corrected chi connectivity index (χ4v) is 10.4. The summed E-state index contributed by atoms with van der Waals surface area (Å²) in [7, 11) is 0. The van der Waals surface area contributed by atoms with E-state index in [9.17, 15) is 50.4 Å². The molecule has 13 nitrogen and oxygen atoms in total. The van der Waals surface area contributed by atoms with E-state index in [1.165, 1.54) is 13.8 Å². The number of Topliss-reactive ketones (excluding diaryl/α,β-unsaturated/α-hetero) is 1. The molecule has 1 aliphatic heterocycles. The Morgan fingerprint density at radius 3 is 2.32 bits per heavy atom. The lowest BCUT2D eigenvalue weighted by atomic mass is 9.41.